The lowest BCUT2D eigenvalue weighted by Crippen LogP contribution is -2.27. The van der Waals surface area contributed by atoms with Crippen LogP contribution in [0.15, 0.2) is 35.1 Å². The van der Waals surface area contributed by atoms with E-state index in [2.05, 4.69) is 31.4 Å². The molecule has 2 rings (SSSR count). The van der Waals surface area contributed by atoms with Gasteiger partial charge in [-0.3, -0.25) is 0 Å². The highest BCUT2D eigenvalue weighted by molar-refractivity contribution is 9.10. The Morgan fingerprint density at radius 3 is 2.75 bits per heavy atom. The number of aromatic nitrogens is 3. The predicted molar refractivity (Wildman–Crippen MR) is 77.0 cm³/mol. The maximum Gasteiger partial charge on any atom is 0.407 e. The van der Waals surface area contributed by atoms with Crippen LogP contribution in [0.2, 0.25) is 0 Å². The normalized spacial score (nSPS) is 10.3. The van der Waals surface area contributed by atoms with E-state index in [9.17, 15) is 4.79 Å². The van der Waals surface area contributed by atoms with Gasteiger partial charge in [-0.25, -0.2) is 4.79 Å². The van der Waals surface area contributed by atoms with Crippen LogP contribution in [0.5, 0.6) is 0 Å². The maximum absolute atomic E-state index is 11.5. The number of nitrogens with zero attached hydrogens (tertiary/aromatic N) is 3. The molecule has 0 aliphatic heterocycles. The van der Waals surface area contributed by atoms with E-state index >= 15 is 0 Å². The van der Waals surface area contributed by atoms with Gasteiger partial charge in [0.1, 0.15) is 12.4 Å². The van der Waals surface area contributed by atoms with Gasteiger partial charge >= 0.3 is 6.09 Å². The topological polar surface area (TPSA) is 69.0 Å². The van der Waals surface area contributed by atoms with Crippen LogP contribution >= 0.6 is 15.9 Å². The minimum absolute atomic E-state index is 0.266. The molecule has 0 atom stereocenters. The fraction of sp³-hybridized carbons (Fsp3) is 0.308. The molecule has 0 unspecified atom stereocenters. The van der Waals surface area contributed by atoms with Crippen molar-refractivity contribution in [3.05, 3.63) is 46.5 Å². The number of benzene rings is 1. The number of hydrogen-bond acceptors (Lipinski definition) is 4. The molecule has 0 aliphatic rings. The van der Waals surface area contributed by atoms with Gasteiger partial charge in [0.25, 0.3) is 0 Å². The Labute approximate surface area is 125 Å². The Balaban J connectivity index is 1.69. The van der Waals surface area contributed by atoms with Crippen LogP contribution in [-0.2, 0) is 24.8 Å². The lowest BCUT2D eigenvalue weighted by Gasteiger charge is -2.06. The molecule has 1 amide bonds. The van der Waals surface area contributed by atoms with Crippen LogP contribution in [0.4, 0.5) is 4.79 Å². The summed E-state index contributed by atoms with van der Waals surface area (Å²) in [6.07, 6.45) is 0.158. The van der Waals surface area contributed by atoms with Crippen molar-refractivity contribution in [2.24, 2.45) is 7.05 Å². The molecule has 0 aliphatic carbocycles. The zero-order valence-corrected chi connectivity index (χ0v) is 12.6. The minimum atomic E-state index is -0.435. The van der Waals surface area contributed by atoms with Gasteiger partial charge in [0, 0.05) is 20.0 Å². The third-order valence-corrected chi connectivity index (χ3v) is 3.43. The largest absolute Gasteiger partial charge is 0.445 e. The Hall–Kier alpha value is -1.89. The average Bonchev–Trinajstić information content (AvgIpc) is 2.78. The van der Waals surface area contributed by atoms with Crippen molar-refractivity contribution in [2.45, 2.75) is 13.0 Å². The van der Waals surface area contributed by atoms with Crippen molar-refractivity contribution in [1.29, 1.82) is 0 Å². The SMILES string of the molecule is Cn1c(Br)nnc1CCNC(=O)OCc1ccccc1. The fourth-order valence-electron chi connectivity index (χ4n) is 1.61. The van der Waals surface area contributed by atoms with Gasteiger partial charge in [-0.1, -0.05) is 30.3 Å². The number of amides is 1. The molecule has 0 saturated heterocycles. The van der Waals surface area contributed by atoms with Crippen molar-refractivity contribution in [3.8, 4) is 0 Å². The van der Waals surface area contributed by atoms with Crippen molar-refractivity contribution in [2.75, 3.05) is 6.54 Å². The first-order valence-electron chi connectivity index (χ1n) is 6.15. The van der Waals surface area contributed by atoms with E-state index in [1.807, 2.05) is 41.9 Å². The van der Waals surface area contributed by atoms with Crippen LogP contribution in [0.3, 0.4) is 0 Å². The molecule has 1 aromatic carbocycles. The zero-order valence-electron chi connectivity index (χ0n) is 11.0. The second kappa shape index (κ2) is 7.04. The number of carbonyl (C=O) groups excluding carboxylic acids is 1. The number of nitrogens with one attached hydrogen (secondary N) is 1. The number of hydrogen-bond donors (Lipinski definition) is 1. The van der Waals surface area contributed by atoms with Crippen LogP contribution in [0.1, 0.15) is 11.4 Å². The predicted octanol–water partition coefficient (Wildman–Crippen LogP) is 2.05. The zero-order chi connectivity index (χ0) is 14.4. The number of rotatable bonds is 5. The second-order valence-corrected chi connectivity index (χ2v) is 4.89. The third kappa shape index (κ3) is 4.06. The summed E-state index contributed by atoms with van der Waals surface area (Å²) in [5.74, 6) is 0.792. The molecule has 2 aromatic rings. The second-order valence-electron chi connectivity index (χ2n) is 4.18. The van der Waals surface area contributed by atoms with E-state index in [0.717, 1.165) is 11.4 Å². The highest BCUT2D eigenvalue weighted by Crippen LogP contribution is 2.06. The third-order valence-electron chi connectivity index (χ3n) is 2.74. The molecular formula is C13H15BrN4O2. The quantitative estimate of drug-likeness (QED) is 0.905. The van der Waals surface area contributed by atoms with E-state index in [4.69, 9.17) is 4.74 Å². The lowest BCUT2D eigenvalue weighted by atomic mass is 10.2. The summed E-state index contributed by atoms with van der Waals surface area (Å²) in [4.78, 5) is 11.5. The maximum atomic E-state index is 11.5. The summed E-state index contributed by atoms with van der Waals surface area (Å²) in [5.41, 5.74) is 0.958. The first kappa shape index (κ1) is 14.5. The molecule has 1 N–H and O–H groups in total. The van der Waals surface area contributed by atoms with Gasteiger partial charge in [0.15, 0.2) is 4.73 Å². The molecule has 1 aromatic heterocycles. The summed E-state index contributed by atoms with van der Waals surface area (Å²) in [6, 6.07) is 9.54. The summed E-state index contributed by atoms with van der Waals surface area (Å²) in [6.45, 7) is 0.717. The Bertz CT molecular complexity index is 571. The van der Waals surface area contributed by atoms with E-state index < -0.39 is 6.09 Å². The number of ether oxygens (including phenoxy) is 1. The van der Waals surface area contributed by atoms with Gasteiger partial charge in [0.2, 0.25) is 0 Å². The highest BCUT2D eigenvalue weighted by Gasteiger charge is 2.07. The molecule has 0 fully saturated rings. The van der Waals surface area contributed by atoms with Gasteiger partial charge in [-0.05, 0) is 21.5 Å². The lowest BCUT2D eigenvalue weighted by molar-refractivity contribution is 0.139. The average molecular weight is 339 g/mol. The van der Waals surface area contributed by atoms with Crippen molar-refractivity contribution >= 4 is 22.0 Å². The fourth-order valence-corrected chi connectivity index (χ4v) is 1.89. The molecule has 0 saturated carbocycles. The summed E-state index contributed by atoms with van der Waals surface area (Å²) >= 11 is 3.26. The molecule has 106 valence electrons. The number of carbonyl (C=O) groups is 1. The number of halogens is 1. The van der Waals surface area contributed by atoms with Crippen molar-refractivity contribution < 1.29 is 9.53 Å². The molecule has 0 radical (unpaired) electrons. The standard InChI is InChI=1S/C13H15BrN4O2/c1-18-11(16-17-12(18)14)7-8-15-13(19)20-9-10-5-3-2-4-6-10/h2-6H,7-9H2,1H3,(H,15,19). The molecule has 0 bridgehead atoms. The van der Waals surface area contributed by atoms with Crippen molar-refractivity contribution in [3.63, 3.8) is 0 Å². The minimum Gasteiger partial charge on any atom is -0.445 e. The Kier molecular flexibility index (Phi) is 5.11. The first-order valence-corrected chi connectivity index (χ1v) is 6.94. The molecule has 6 nitrogen and oxygen atoms in total. The smallest absolute Gasteiger partial charge is 0.407 e. The summed E-state index contributed by atoms with van der Waals surface area (Å²) < 4.78 is 7.58. The molecule has 7 heteroatoms. The van der Waals surface area contributed by atoms with Gasteiger partial charge in [0.05, 0.1) is 0 Å². The molecular weight excluding hydrogens is 324 g/mol. The van der Waals surface area contributed by atoms with Gasteiger partial charge < -0.3 is 14.6 Å². The van der Waals surface area contributed by atoms with E-state index in [-0.39, 0.29) is 6.61 Å². The molecule has 20 heavy (non-hydrogen) atoms. The first-order chi connectivity index (χ1) is 9.66. The Morgan fingerprint density at radius 2 is 2.10 bits per heavy atom. The van der Waals surface area contributed by atoms with Crippen LogP contribution in [0.25, 0.3) is 0 Å². The van der Waals surface area contributed by atoms with E-state index in [1.54, 1.807) is 0 Å². The molecule has 0 spiro atoms. The van der Waals surface area contributed by atoms with Crippen LogP contribution in [-0.4, -0.2) is 27.4 Å². The van der Waals surface area contributed by atoms with E-state index in [1.165, 1.54) is 0 Å². The summed E-state index contributed by atoms with van der Waals surface area (Å²) in [5, 5.41) is 10.5. The van der Waals surface area contributed by atoms with Gasteiger partial charge in [-0.2, -0.15) is 0 Å². The highest BCUT2D eigenvalue weighted by atomic mass is 79.9. The van der Waals surface area contributed by atoms with E-state index in [0.29, 0.717) is 17.7 Å². The van der Waals surface area contributed by atoms with Crippen LogP contribution in [0, 0.1) is 0 Å². The monoisotopic (exact) mass is 338 g/mol. The summed E-state index contributed by atoms with van der Waals surface area (Å²) in [7, 11) is 1.85. The van der Waals surface area contributed by atoms with Crippen molar-refractivity contribution in [1.82, 2.24) is 20.1 Å². The van der Waals surface area contributed by atoms with Crippen LogP contribution < -0.4 is 5.32 Å². The number of alkyl carbamates (subject to hydrolysis) is 1. The Morgan fingerprint density at radius 1 is 1.35 bits per heavy atom. The molecule has 1 heterocycles. The van der Waals surface area contributed by atoms with Gasteiger partial charge in [-0.15, -0.1) is 10.2 Å².